The lowest BCUT2D eigenvalue weighted by Crippen LogP contribution is -2.38. The lowest BCUT2D eigenvalue weighted by Gasteiger charge is -2.28. The van der Waals surface area contributed by atoms with Crippen LogP contribution in [0.2, 0.25) is 0 Å². The Morgan fingerprint density at radius 3 is 2.85 bits per heavy atom. The van der Waals surface area contributed by atoms with Crippen molar-refractivity contribution in [2.75, 3.05) is 6.61 Å². The predicted molar refractivity (Wildman–Crippen MR) is 70.8 cm³/mol. The van der Waals surface area contributed by atoms with E-state index in [0.717, 1.165) is 0 Å². The van der Waals surface area contributed by atoms with Crippen LogP contribution < -0.4 is 0 Å². The number of ether oxygens (including phenoxy) is 1. The van der Waals surface area contributed by atoms with Crippen molar-refractivity contribution in [2.24, 2.45) is 5.92 Å². The molecule has 0 unspecified atom stereocenters. The summed E-state index contributed by atoms with van der Waals surface area (Å²) in [5, 5.41) is 20.1. The van der Waals surface area contributed by atoms with Gasteiger partial charge < -0.3 is 14.9 Å². The zero-order valence-electron chi connectivity index (χ0n) is 11.7. The van der Waals surface area contributed by atoms with Gasteiger partial charge in [-0.25, -0.2) is 15.0 Å². The summed E-state index contributed by atoms with van der Waals surface area (Å²) in [5.74, 6) is 0.432. The summed E-state index contributed by atoms with van der Waals surface area (Å²) in [6, 6.07) is 0. The summed E-state index contributed by atoms with van der Waals surface area (Å²) in [6.45, 7) is 5.23. The fourth-order valence-electron chi connectivity index (χ4n) is 2.65. The van der Waals surface area contributed by atoms with E-state index in [2.05, 4.69) is 15.0 Å². The van der Waals surface area contributed by atoms with Gasteiger partial charge in [-0.15, -0.1) is 0 Å². The molecule has 0 radical (unpaired) electrons. The number of hydrogen-bond donors (Lipinski definition) is 2. The van der Waals surface area contributed by atoms with Crippen LogP contribution in [0.5, 0.6) is 0 Å². The summed E-state index contributed by atoms with van der Waals surface area (Å²) >= 11 is 0. The van der Waals surface area contributed by atoms with Crippen molar-refractivity contribution in [3.63, 3.8) is 0 Å². The van der Waals surface area contributed by atoms with Crippen molar-refractivity contribution in [1.29, 1.82) is 0 Å². The first-order chi connectivity index (χ1) is 9.45. The highest BCUT2D eigenvalue weighted by Crippen LogP contribution is 2.42. The Kier molecular flexibility index (Phi) is 3.00. The summed E-state index contributed by atoms with van der Waals surface area (Å²) in [6.07, 6.45) is 2.19. The molecule has 0 saturated carbocycles. The van der Waals surface area contributed by atoms with Crippen LogP contribution in [-0.4, -0.2) is 48.0 Å². The van der Waals surface area contributed by atoms with E-state index in [1.54, 1.807) is 30.9 Å². The second-order valence-electron chi connectivity index (χ2n) is 5.50. The first kappa shape index (κ1) is 13.4. The molecule has 1 saturated heterocycles. The highest BCUT2D eigenvalue weighted by atomic mass is 16.5. The molecular weight excluding hydrogens is 260 g/mol. The molecule has 7 nitrogen and oxygen atoms in total. The number of hydrogen-bond acceptors (Lipinski definition) is 6. The monoisotopic (exact) mass is 278 g/mol. The smallest absolute Gasteiger partial charge is 0.165 e. The number of aromatic nitrogens is 4. The Labute approximate surface area is 116 Å². The maximum Gasteiger partial charge on any atom is 0.165 e. The molecule has 108 valence electrons. The molecule has 0 aliphatic carbocycles. The van der Waals surface area contributed by atoms with Gasteiger partial charge in [-0.2, -0.15) is 0 Å². The van der Waals surface area contributed by atoms with Gasteiger partial charge in [0.05, 0.1) is 25.2 Å². The van der Waals surface area contributed by atoms with Gasteiger partial charge in [-0.3, -0.25) is 4.57 Å². The second-order valence-corrected chi connectivity index (χ2v) is 5.50. The maximum atomic E-state index is 10.7. The summed E-state index contributed by atoms with van der Waals surface area (Å²) in [5.41, 5.74) is 0.156. The van der Waals surface area contributed by atoms with E-state index in [4.69, 9.17) is 4.74 Å². The van der Waals surface area contributed by atoms with E-state index in [-0.39, 0.29) is 12.5 Å². The van der Waals surface area contributed by atoms with Gasteiger partial charge in [0.25, 0.3) is 0 Å². The van der Waals surface area contributed by atoms with Crippen molar-refractivity contribution in [1.82, 2.24) is 19.5 Å². The van der Waals surface area contributed by atoms with E-state index < -0.39 is 17.9 Å². The molecule has 7 heteroatoms. The molecule has 20 heavy (non-hydrogen) atoms. The number of nitrogens with zero attached hydrogens (tertiary/aromatic N) is 4. The van der Waals surface area contributed by atoms with Gasteiger partial charge in [0.15, 0.2) is 11.9 Å². The first-order valence-corrected chi connectivity index (χ1v) is 6.60. The lowest BCUT2D eigenvalue weighted by molar-refractivity contribution is -0.0876. The number of aliphatic hydroxyl groups excluding tert-OH is 1. The largest absolute Gasteiger partial charge is 0.394 e. The Morgan fingerprint density at radius 2 is 2.20 bits per heavy atom. The number of aliphatic hydroxyl groups is 2. The molecule has 4 atom stereocenters. The Hall–Kier alpha value is -1.57. The minimum atomic E-state index is -1.11. The van der Waals surface area contributed by atoms with Crippen molar-refractivity contribution < 1.29 is 14.9 Å². The van der Waals surface area contributed by atoms with Gasteiger partial charge >= 0.3 is 0 Å². The molecule has 0 bridgehead atoms. The predicted octanol–water partition coefficient (Wildman–Crippen LogP) is 0.412. The molecule has 0 amide bonds. The van der Waals surface area contributed by atoms with Crippen LogP contribution in [0.25, 0.3) is 11.2 Å². The first-order valence-electron chi connectivity index (χ1n) is 6.60. The summed E-state index contributed by atoms with van der Waals surface area (Å²) in [4.78, 5) is 12.7. The zero-order valence-corrected chi connectivity index (χ0v) is 11.7. The molecule has 2 N–H and O–H groups in total. The van der Waals surface area contributed by atoms with Crippen molar-refractivity contribution in [3.8, 4) is 0 Å². The van der Waals surface area contributed by atoms with Crippen LogP contribution in [-0.2, 0) is 4.74 Å². The molecule has 3 rings (SSSR count). The molecule has 2 aromatic heterocycles. The van der Waals surface area contributed by atoms with E-state index in [1.165, 1.54) is 0 Å². The van der Waals surface area contributed by atoms with Crippen LogP contribution in [0.15, 0.2) is 12.5 Å². The fraction of sp³-hybridized carbons (Fsp3) is 0.615. The minimum Gasteiger partial charge on any atom is -0.394 e. The zero-order chi connectivity index (χ0) is 14.5. The Morgan fingerprint density at radius 1 is 1.45 bits per heavy atom. The van der Waals surface area contributed by atoms with Crippen molar-refractivity contribution in [2.45, 2.75) is 38.7 Å². The van der Waals surface area contributed by atoms with Crippen LogP contribution in [0.3, 0.4) is 0 Å². The summed E-state index contributed by atoms with van der Waals surface area (Å²) < 4.78 is 7.50. The molecule has 1 aliphatic rings. The quantitative estimate of drug-likeness (QED) is 0.826. The van der Waals surface area contributed by atoms with E-state index >= 15 is 0 Å². The minimum absolute atomic E-state index is 0.130. The van der Waals surface area contributed by atoms with Crippen LogP contribution in [0, 0.1) is 12.8 Å². The van der Waals surface area contributed by atoms with Gasteiger partial charge in [-0.1, -0.05) is 6.92 Å². The Balaban J connectivity index is 2.09. The molecule has 1 fully saturated rings. The average molecular weight is 278 g/mol. The third-order valence-electron chi connectivity index (χ3n) is 4.15. The molecule has 0 spiro atoms. The topological polar surface area (TPSA) is 93.3 Å². The second kappa shape index (κ2) is 4.47. The fourth-order valence-corrected chi connectivity index (χ4v) is 2.65. The molecular formula is C13H18N4O3. The number of imidazole rings is 1. The van der Waals surface area contributed by atoms with Gasteiger partial charge in [0.1, 0.15) is 16.9 Å². The molecule has 0 aromatic carbocycles. The standard InChI is InChI=1S/C13H18N4O3/c1-7-10(5-18)20-12(13(7,3)19)17-6-15-9-4-14-8(2)16-11(9)17/h4,6-7,10,12,18-19H,5H2,1-3H3/t7-,10+,12+,13+/m0/s1. The number of aryl methyl sites for hydroxylation is 1. The number of rotatable bonds is 2. The van der Waals surface area contributed by atoms with Gasteiger partial charge in [0, 0.05) is 5.92 Å². The van der Waals surface area contributed by atoms with E-state index in [1.807, 2.05) is 6.92 Å². The highest BCUT2D eigenvalue weighted by Gasteiger charge is 2.51. The normalized spacial score (nSPS) is 34.0. The molecule has 1 aliphatic heterocycles. The third-order valence-corrected chi connectivity index (χ3v) is 4.15. The van der Waals surface area contributed by atoms with Crippen LogP contribution in [0.1, 0.15) is 25.9 Å². The Bertz CT molecular complexity index is 640. The average Bonchev–Trinajstić information content (AvgIpc) is 2.90. The maximum absolute atomic E-state index is 10.7. The van der Waals surface area contributed by atoms with E-state index in [0.29, 0.717) is 17.0 Å². The van der Waals surface area contributed by atoms with Gasteiger partial charge in [-0.05, 0) is 13.8 Å². The van der Waals surface area contributed by atoms with Crippen LogP contribution in [0.4, 0.5) is 0 Å². The van der Waals surface area contributed by atoms with Crippen molar-refractivity contribution in [3.05, 3.63) is 18.3 Å². The van der Waals surface area contributed by atoms with Crippen LogP contribution >= 0.6 is 0 Å². The van der Waals surface area contributed by atoms with E-state index in [9.17, 15) is 10.2 Å². The number of fused-ring (bicyclic) bond motifs is 1. The SMILES string of the molecule is Cc1ncc2ncn([C@@H]3O[C@H](CO)[C@H](C)[C@@]3(C)O)c2n1. The highest BCUT2D eigenvalue weighted by molar-refractivity contribution is 5.69. The lowest BCUT2D eigenvalue weighted by atomic mass is 9.88. The third kappa shape index (κ3) is 1.81. The molecule has 3 heterocycles. The summed E-state index contributed by atoms with van der Waals surface area (Å²) in [7, 11) is 0. The van der Waals surface area contributed by atoms with Gasteiger partial charge in [0.2, 0.25) is 0 Å². The van der Waals surface area contributed by atoms with Crippen molar-refractivity contribution >= 4 is 11.2 Å². The molecule has 2 aromatic rings.